The number of methoxy groups -OCH3 is 2. The second-order valence-corrected chi connectivity index (χ2v) is 5.78. The molecule has 7 heteroatoms. The zero-order chi connectivity index (χ0) is 16.7. The van der Waals surface area contributed by atoms with Crippen LogP contribution < -0.4 is 20.1 Å². The van der Waals surface area contributed by atoms with Crippen LogP contribution in [-0.2, 0) is 4.79 Å². The second kappa shape index (κ2) is 10.4. The molecule has 1 amide bonds. The van der Waals surface area contributed by atoms with Crippen molar-refractivity contribution in [1.82, 2.24) is 15.5 Å². The van der Waals surface area contributed by atoms with Crippen LogP contribution in [0.3, 0.4) is 0 Å². The largest absolute Gasteiger partial charge is 0.497 e. The van der Waals surface area contributed by atoms with Crippen molar-refractivity contribution in [3.05, 3.63) is 23.8 Å². The van der Waals surface area contributed by atoms with Crippen LogP contribution >= 0.6 is 12.4 Å². The molecular formula is C17H28ClN3O3. The number of hydrogen-bond donors (Lipinski definition) is 2. The topological polar surface area (TPSA) is 62.8 Å². The minimum absolute atomic E-state index is 0. The van der Waals surface area contributed by atoms with E-state index in [9.17, 15) is 4.79 Å². The first-order chi connectivity index (χ1) is 11.1. The Kier molecular flexibility index (Phi) is 8.89. The Morgan fingerprint density at radius 2 is 2.08 bits per heavy atom. The zero-order valence-corrected chi connectivity index (χ0v) is 15.4. The van der Waals surface area contributed by atoms with Gasteiger partial charge in [-0.05, 0) is 44.6 Å². The molecule has 1 atom stereocenters. The van der Waals surface area contributed by atoms with Gasteiger partial charge in [0, 0.05) is 18.7 Å². The lowest BCUT2D eigenvalue weighted by molar-refractivity contribution is -0.122. The van der Waals surface area contributed by atoms with Crippen molar-refractivity contribution in [2.24, 2.45) is 0 Å². The summed E-state index contributed by atoms with van der Waals surface area (Å²) in [5, 5.41) is 6.39. The van der Waals surface area contributed by atoms with Crippen LogP contribution in [0.25, 0.3) is 0 Å². The summed E-state index contributed by atoms with van der Waals surface area (Å²) in [6.07, 6.45) is 1.08. The van der Waals surface area contributed by atoms with Crippen LogP contribution in [-0.4, -0.2) is 57.8 Å². The summed E-state index contributed by atoms with van der Waals surface area (Å²) in [4.78, 5) is 14.5. The van der Waals surface area contributed by atoms with E-state index in [0.29, 0.717) is 6.54 Å². The van der Waals surface area contributed by atoms with Crippen LogP contribution in [0.5, 0.6) is 11.5 Å². The molecule has 1 fully saturated rings. The number of hydrogen-bond acceptors (Lipinski definition) is 5. The number of nitrogens with zero attached hydrogens (tertiary/aromatic N) is 1. The summed E-state index contributed by atoms with van der Waals surface area (Å²) in [6.45, 7) is 6.21. The van der Waals surface area contributed by atoms with Gasteiger partial charge in [0.2, 0.25) is 5.91 Å². The third kappa shape index (κ3) is 5.85. The summed E-state index contributed by atoms with van der Waals surface area (Å²) in [7, 11) is 3.26. The van der Waals surface area contributed by atoms with Gasteiger partial charge in [-0.25, -0.2) is 0 Å². The molecule has 1 aromatic carbocycles. The summed E-state index contributed by atoms with van der Waals surface area (Å²) >= 11 is 0. The first kappa shape index (κ1) is 20.5. The van der Waals surface area contributed by atoms with Crippen LogP contribution in [0.2, 0.25) is 0 Å². The molecule has 1 aliphatic heterocycles. The van der Waals surface area contributed by atoms with E-state index in [1.807, 2.05) is 25.1 Å². The second-order valence-electron chi connectivity index (χ2n) is 5.78. The molecule has 0 aliphatic carbocycles. The van der Waals surface area contributed by atoms with Crippen molar-refractivity contribution in [3.63, 3.8) is 0 Å². The van der Waals surface area contributed by atoms with Gasteiger partial charge >= 0.3 is 0 Å². The first-order valence-electron chi connectivity index (χ1n) is 8.08. The van der Waals surface area contributed by atoms with E-state index < -0.39 is 0 Å². The van der Waals surface area contributed by atoms with E-state index in [0.717, 1.165) is 49.7 Å². The molecular weight excluding hydrogens is 330 g/mol. The van der Waals surface area contributed by atoms with E-state index in [2.05, 4.69) is 15.5 Å². The molecule has 2 N–H and O–H groups in total. The van der Waals surface area contributed by atoms with Crippen molar-refractivity contribution >= 4 is 18.3 Å². The van der Waals surface area contributed by atoms with Gasteiger partial charge in [-0.3, -0.25) is 9.69 Å². The molecule has 1 aromatic rings. The fourth-order valence-corrected chi connectivity index (χ4v) is 2.81. The standard InChI is InChI=1S/C17H27N3O3.ClH/c1-13(15-11-14(22-2)5-6-16(15)23-3)19-17(21)12-20-9-4-7-18-8-10-20;/h5-6,11,13,18H,4,7-10,12H2,1-3H3,(H,19,21);1H. The van der Waals surface area contributed by atoms with Gasteiger partial charge in [0.05, 0.1) is 26.8 Å². The highest BCUT2D eigenvalue weighted by atomic mass is 35.5. The fraction of sp³-hybridized carbons (Fsp3) is 0.588. The van der Waals surface area contributed by atoms with E-state index in [-0.39, 0.29) is 24.4 Å². The lowest BCUT2D eigenvalue weighted by Crippen LogP contribution is -2.39. The van der Waals surface area contributed by atoms with Gasteiger partial charge in [0.15, 0.2) is 0 Å². The maximum atomic E-state index is 12.3. The number of halogens is 1. The predicted molar refractivity (Wildman–Crippen MR) is 97.3 cm³/mol. The Bertz CT molecular complexity index is 520. The van der Waals surface area contributed by atoms with Crippen LogP contribution in [0.4, 0.5) is 0 Å². The van der Waals surface area contributed by atoms with Gasteiger partial charge in [-0.15, -0.1) is 12.4 Å². The third-order valence-electron chi connectivity index (χ3n) is 4.08. The highest BCUT2D eigenvalue weighted by Gasteiger charge is 2.17. The van der Waals surface area contributed by atoms with Crippen LogP contribution in [0.15, 0.2) is 18.2 Å². The number of carbonyl (C=O) groups is 1. The molecule has 1 aliphatic rings. The minimum atomic E-state index is -0.141. The summed E-state index contributed by atoms with van der Waals surface area (Å²) in [5.74, 6) is 1.53. The molecule has 0 bridgehead atoms. The summed E-state index contributed by atoms with van der Waals surface area (Å²) in [6, 6.07) is 5.47. The summed E-state index contributed by atoms with van der Waals surface area (Å²) < 4.78 is 10.6. The fourth-order valence-electron chi connectivity index (χ4n) is 2.81. The molecule has 2 rings (SSSR count). The van der Waals surface area contributed by atoms with Gasteiger partial charge < -0.3 is 20.1 Å². The highest BCUT2D eigenvalue weighted by molar-refractivity contribution is 5.85. The van der Waals surface area contributed by atoms with Crippen molar-refractivity contribution in [1.29, 1.82) is 0 Å². The Morgan fingerprint density at radius 1 is 1.29 bits per heavy atom. The van der Waals surface area contributed by atoms with Crippen LogP contribution in [0, 0.1) is 0 Å². The molecule has 0 saturated carbocycles. The number of nitrogens with one attached hydrogen (secondary N) is 2. The SMILES string of the molecule is COc1ccc(OC)c(C(C)NC(=O)CN2CCCNCC2)c1.Cl. The molecule has 0 spiro atoms. The zero-order valence-electron chi connectivity index (χ0n) is 14.6. The minimum Gasteiger partial charge on any atom is -0.497 e. The number of rotatable bonds is 6. The smallest absolute Gasteiger partial charge is 0.234 e. The number of carbonyl (C=O) groups excluding carboxylic acids is 1. The quantitative estimate of drug-likeness (QED) is 0.809. The van der Waals surface area contributed by atoms with Gasteiger partial charge in [-0.1, -0.05) is 0 Å². The lowest BCUT2D eigenvalue weighted by Gasteiger charge is -2.22. The molecule has 136 valence electrons. The maximum Gasteiger partial charge on any atom is 0.234 e. The molecule has 1 heterocycles. The number of benzene rings is 1. The molecule has 0 radical (unpaired) electrons. The van der Waals surface area contributed by atoms with Gasteiger partial charge in [-0.2, -0.15) is 0 Å². The molecule has 1 saturated heterocycles. The monoisotopic (exact) mass is 357 g/mol. The third-order valence-corrected chi connectivity index (χ3v) is 4.08. The van der Waals surface area contributed by atoms with Crippen molar-refractivity contribution in [2.75, 3.05) is 46.9 Å². The Morgan fingerprint density at radius 3 is 2.79 bits per heavy atom. The van der Waals surface area contributed by atoms with Gasteiger partial charge in [0.25, 0.3) is 0 Å². The molecule has 1 unspecified atom stereocenters. The van der Waals surface area contributed by atoms with E-state index in [1.165, 1.54) is 0 Å². The average molecular weight is 358 g/mol. The normalized spacial score (nSPS) is 16.5. The maximum absolute atomic E-state index is 12.3. The molecule has 24 heavy (non-hydrogen) atoms. The van der Waals surface area contributed by atoms with E-state index in [4.69, 9.17) is 9.47 Å². The lowest BCUT2D eigenvalue weighted by atomic mass is 10.1. The molecule has 0 aromatic heterocycles. The predicted octanol–water partition coefficient (Wildman–Crippen LogP) is 1.60. The van der Waals surface area contributed by atoms with Crippen molar-refractivity contribution < 1.29 is 14.3 Å². The number of ether oxygens (including phenoxy) is 2. The number of amides is 1. The highest BCUT2D eigenvalue weighted by Crippen LogP contribution is 2.29. The summed E-state index contributed by atoms with van der Waals surface area (Å²) in [5.41, 5.74) is 0.915. The van der Waals surface area contributed by atoms with Crippen molar-refractivity contribution in [2.45, 2.75) is 19.4 Å². The Hall–Kier alpha value is -1.50. The van der Waals surface area contributed by atoms with Crippen LogP contribution in [0.1, 0.15) is 24.9 Å². The van der Waals surface area contributed by atoms with E-state index in [1.54, 1.807) is 14.2 Å². The van der Waals surface area contributed by atoms with Crippen molar-refractivity contribution in [3.8, 4) is 11.5 Å². The van der Waals surface area contributed by atoms with E-state index >= 15 is 0 Å². The molecule has 6 nitrogen and oxygen atoms in total. The van der Waals surface area contributed by atoms with Gasteiger partial charge in [0.1, 0.15) is 11.5 Å². The first-order valence-corrected chi connectivity index (χ1v) is 8.08. The Labute approximate surface area is 150 Å². The Balaban J connectivity index is 0.00000288. The average Bonchev–Trinajstić information content (AvgIpc) is 2.82.